The number of hydrogen-bond donors (Lipinski definition) is 3. The van der Waals surface area contributed by atoms with E-state index in [2.05, 4.69) is 26.8 Å². The smallest absolute Gasteiger partial charge is 0.337 e. The lowest BCUT2D eigenvalue weighted by atomic mass is 9.72. The Morgan fingerprint density at radius 1 is 0.831 bits per heavy atom. The fraction of sp³-hybridized carbons (Fsp3) is 0.800. The minimum Gasteiger partial charge on any atom is -0.459 e. The molecule has 7 rings (SSSR count). The highest BCUT2D eigenvalue weighted by molar-refractivity contribution is 5.93. The number of aliphatic hydroxyl groups is 3. The normalized spacial score (nSPS) is 48.4. The van der Waals surface area contributed by atoms with Gasteiger partial charge >= 0.3 is 5.97 Å². The standard InChI is InChI=1S/C45H68O14/c1-23-15-16-44(58-27(23)5)21-32-18-31(59-44)14-13-25(3)40(24(2)11-10-12-30-22-52-42-38(46)26(4)17-33(43(48)55-32)45(30,42)49)56-37-20-35(51-9)41(29(7)54-37)57-36-19-34(50-8)39(47)28(6)53-36/h10-13,17,23-24,26-29,31-32,34-42,46-47,49H,14-16,18-22H2,1-9H3/t23-,24-,26-,27+,28-,29-,31+,32-,34-,35-,36-,37-,38+,39-,40-,41-,42+,44-,45+/m0/s1. The summed E-state index contributed by atoms with van der Waals surface area (Å²) in [5, 5.41) is 34.1. The number of fused-ring (bicyclic) bond motifs is 2. The summed E-state index contributed by atoms with van der Waals surface area (Å²) in [7, 11) is 3.22. The maximum absolute atomic E-state index is 14.2. The molecule has 0 radical (unpaired) electrons. The molecule has 1 aliphatic carbocycles. The van der Waals surface area contributed by atoms with E-state index in [4.69, 9.17) is 47.4 Å². The zero-order chi connectivity index (χ0) is 42.4. The van der Waals surface area contributed by atoms with Gasteiger partial charge in [-0.15, -0.1) is 0 Å². The van der Waals surface area contributed by atoms with E-state index in [1.807, 2.05) is 26.0 Å². The van der Waals surface area contributed by atoms with Gasteiger partial charge in [-0.05, 0) is 57.6 Å². The second-order valence-electron chi connectivity index (χ2n) is 18.2. The van der Waals surface area contributed by atoms with Gasteiger partial charge < -0.3 is 62.7 Å². The van der Waals surface area contributed by atoms with Gasteiger partial charge in [-0.3, -0.25) is 0 Å². The molecule has 5 fully saturated rings. The SMILES string of the molecule is CO[C@H]1C[C@H](O[C@H]2[C@H](C)O[C@@H](O[C@@H]3C(C)=CC[C@@H]4C[C@@H](C[C@]5(CC[C@H](C)[C@@H](C)O5)O4)OC(=O)C4=C[C@H](C)[C@@H](O)[C@H]5OCC(=CC=C[C@@H]3C)[C@@]45O)C[C@@H]2OC)O[C@@H](C)[C@@H]1O. The van der Waals surface area contributed by atoms with Crippen molar-refractivity contribution in [2.45, 2.75) is 191 Å². The van der Waals surface area contributed by atoms with Gasteiger partial charge in [-0.1, -0.05) is 51.2 Å². The average molecular weight is 833 g/mol. The predicted octanol–water partition coefficient (Wildman–Crippen LogP) is 4.58. The monoisotopic (exact) mass is 832 g/mol. The van der Waals surface area contributed by atoms with Crippen LogP contribution in [-0.2, 0) is 52.2 Å². The van der Waals surface area contributed by atoms with E-state index in [1.165, 1.54) is 0 Å². The Morgan fingerprint density at radius 2 is 1.54 bits per heavy atom. The molecule has 6 heterocycles. The third-order valence-electron chi connectivity index (χ3n) is 14.0. The van der Waals surface area contributed by atoms with Crippen LogP contribution < -0.4 is 0 Å². The Bertz CT molecular complexity index is 1610. The summed E-state index contributed by atoms with van der Waals surface area (Å²) in [5.41, 5.74) is -0.368. The lowest BCUT2D eigenvalue weighted by molar-refractivity contribution is -0.332. The highest BCUT2D eigenvalue weighted by atomic mass is 16.7. The summed E-state index contributed by atoms with van der Waals surface area (Å²) in [6.45, 7) is 13.9. The molecule has 19 atom stereocenters. The van der Waals surface area contributed by atoms with E-state index in [0.29, 0.717) is 50.0 Å². The van der Waals surface area contributed by atoms with Crippen molar-refractivity contribution < 1.29 is 67.5 Å². The highest BCUT2D eigenvalue weighted by Crippen LogP contribution is 2.47. The highest BCUT2D eigenvalue weighted by Gasteiger charge is 2.58. The number of rotatable bonds is 6. The number of aliphatic hydroxyl groups excluding tert-OH is 2. The molecule has 14 heteroatoms. The molecule has 14 nitrogen and oxygen atoms in total. The van der Waals surface area contributed by atoms with Gasteiger partial charge in [-0.25, -0.2) is 4.79 Å². The van der Waals surface area contributed by atoms with E-state index in [9.17, 15) is 20.1 Å². The molecule has 3 N–H and O–H groups in total. The Kier molecular flexibility index (Phi) is 14.0. The lowest BCUT2D eigenvalue weighted by Gasteiger charge is -2.49. The molecule has 5 saturated heterocycles. The predicted molar refractivity (Wildman–Crippen MR) is 214 cm³/mol. The average Bonchev–Trinajstić information content (AvgIpc) is 3.53. The van der Waals surface area contributed by atoms with Gasteiger partial charge in [0.25, 0.3) is 0 Å². The first kappa shape index (κ1) is 45.0. The molecule has 0 saturated carbocycles. The van der Waals surface area contributed by atoms with Crippen LogP contribution in [0.25, 0.3) is 0 Å². The molecule has 6 aliphatic heterocycles. The zero-order valence-electron chi connectivity index (χ0n) is 36.2. The van der Waals surface area contributed by atoms with Crippen LogP contribution in [0.5, 0.6) is 0 Å². The minimum absolute atomic E-state index is 0.0342. The van der Waals surface area contributed by atoms with Gasteiger partial charge in [0.1, 0.15) is 30.0 Å². The molecular formula is C45H68O14. The minimum atomic E-state index is -1.88. The molecule has 59 heavy (non-hydrogen) atoms. The molecule has 0 amide bonds. The van der Waals surface area contributed by atoms with Crippen LogP contribution in [0.3, 0.4) is 0 Å². The van der Waals surface area contributed by atoms with Gasteiger partial charge in [0.05, 0.1) is 61.0 Å². The molecule has 0 aromatic carbocycles. The van der Waals surface area contributed by atoms with Gasteiger partial charge in [-0.2, -0.15) is 0 Å². The largest absolute Gasteiger partial charge is 0.459 e. The first-order chi connectivity index (χ1) is 28.0. The number of carbonyl (C=O) groups is 1. The van der Waals surface area contributed by atoms with Crippen molar-refractivity contribution in [1.29, 1.82) is 0 Å². The van der Waals surface area contributed by atoms with Crippen molar-refractivity contribution in [3.8, 4) is 0 Å². The number of allylic oxidation sites excluding steroid dienone is 2. The Hall–Kier alpha value is -2.05. The molecule has 0 unspecified atom stereocenters. The molecule has 7 aliphatic rings. The molecule has 0 aromatic rings. The van der Waals surface area contributed by atoms with Crippen LogP contribution in [0.15, 0.2) is 47.1 Å². The first-order valence-electron chi connectivity index (χ1n) is 21.8. The second kappa shape index (κ2) is 18.4. The van der Waals surface area contributed by atoms with Crippen LogP contribution >= 0.6 is 0 Å². The third-order valence-corrected chi connectivity index (χ3v) is 14.0. The fourth-order valence-corrected chi connectivity index (χ4v) is 10.1. The zero-order valence-corrected chi connectivity index (χ0v) is 36.2. The Morgan fingerprint density at radius 3 is 2.27 bits per heavy atom. The molecule has 1 spiro atoms. The molecule has 332 valence electrons. The van der Waals surface area contributed by atoms with Crippen LogP contribution in [0.1, 0.15) is 93.4 Å². The van der Waals surface area contributed by atoms with E-state index in [0.717, 1.165) is 12.0 Å². The maximum atomic E-state index is 14.2. The van der Waals surface area contributed by atoms with Crippen LogP contribution in [-0.4, -0.2) is 139 Å². The summed E-state index contributed by atoms with van der Waals surface area (Å²) in [6.07, 6.45) is 5.52. The van der Waals surface area contributed by atoms with Crippen molar-refractivity contribution in [3.63, 3.8) is 0 Å². The number of ether oxygens (including phenoxy) is 10. The van der Waals surface area contributed by atoms with Crippen molar-refractivity contribution in [1.82, 2.24) is 0 Å². The molecule has 0 aromatic heterocycles. The Balaban J connectivity index is 1.17. The fourth-order valence-electron chi connectivity index (χ4n) is 10.1. The lowest BCUT2D eigenvalue weighted by Crippen LogP contribution is -2.56. The van der Waals surface area contributed by atoms with Crippen LogP contribution in [0.4, 0.5) is 0 Å². The summed E-state index contributed by atoms with van der Waals surface area (Å²) in [4.78, 5) is 14.2. The quantitative estimate of drug-likeness (QED) is 0.251. The van der Waals surface area contributed by atoms with E-state index in [1.54, 1.807) is 40.2 Å². The van der Waals surface area contributed by atoms with E-state index < -0.39 is 90.8 Å². The second-order valence-corrected chi connectivity index (χ2v) is 18.2. The number of hydrogen-bond acceptors (Lipinski definition) is 14. The topological polar surface area (TPSA) is 170 Å². The number of esters is 1. The first-order valence-corrected chi connectivity index (χ1v) is 21.8. The van der Waals surface area contributed by atoms with Gasteiger partial charge in [0, 0.05) is 58.2 Å². The maximum Gasteiger partial charge on any atom is 0.337 e. The number of methoxy groups -OCH3 is 2. The summed E-state index contributed by atoms with van der Waals surface area (Å²) >= 11 is 0. The van der Waals surface area contributed by atoms with E-state index in [-0.39, 0.29) is 36.4 Å². The summed E-state index contributed by atoms with van der Waals surface area (Å²) in [6, 6.07) is 0. The Labute approximate surface area is 349 Å². The van der Waals surface area contributed by atoms with Crippen LogP contribution in [0.2, 0.25) is 0 Å². The third kappa shape index (κ3) is 9.21. The molecule has 2 bridgehead atoms. The van der Waals surface area contributed by atoms with Gasteiger partial charge in [0.15, 0.2) is 18.4 Å². The summed E-state index contributed by atoms with van der Waals surface area (Å²) < 4.78 is 63.1. The van der Waals surface area contributed by atoms with Gasteiger partial charge in [0.2, 0.25) is 0 Å². The van der Waals surface area contributed by atoms with E-state index >= 15 is 0 Å². The van der Waals surface area contributed by atoms with Crippen LogP contribution in [0, 0.1) is 17.8 Å². The van der Waals surface area contributed by atoms with Crippen molar-refractivity contribution in [2.75, 3.05) is 20.8 Å². The molecular weight excluding hydrogens is 764 g/mol. The van der Waals surface area contributed by atoms with Crippen molar-refractivity contribution in [3.05, 3.63) is 47.1 Å². The van der Waals surface area contributed by atoms with Crippen molar-refractivity contribution in [2.24, 2.45) is 17.8 Å². The number of carbonyl (C=O) groups excluding carboxylic acids is 1. The summed E-state index contributed by atoms with van der Waals surface area (Å²) in [5.74, 6) is -1.82. The van der Waals surface area contributed by atoms with Crippen molar-refractivity contribution >= 4 is 5.97 Å².